The van der Waals surface area contributed by atoms with Crippen molar-refractivity contribution in [3.63, 3.8) is 0 Å². The van der Waals surface area contributed by atoms with Crippen LogP contribution in [0.5, 0.6) is 0 Å². The van der Waals surface area contributed by atoms with E-state index >= 15 is 0 Å². The number of halogens is 2. The van der Waals surface area contributed by atoms with E-state index in [2.05, 4.69) is 21.2 Å². The Bertz CT molecular complexity index is 652. The van der Waals surface area contributed by atoms with E-state index in [0.717, 1.165) is 15.6 Å². The van der Waals surface area contributed by atoms with E-state index < -0.39 is 0 Å². The lowest BCUT2D eigenvalue weighted by Crippen LogP contribution is -2.24. The van der Waals surface area contributed by atoms with Crippen molar-refractivity contribution >= 4 is 27.9 Å². The molecule has 0 aliphatic rings. The molecule has 0 spiro atoms. The van der Waals surface area contributed by atoms with E-state index in [-0.39, 0.29) is 17.8 Å². The summed E-state index contributed by atoms with van der Waals surface area (Å²) < 4.78 is 13.8. The van der Waals surface area contributed by atoms with Crippen molar-refractivity contribution in [2.45, 2.75) is 13.0 Å². The fraction of sp³-hybridized carbons (Fsp3) is 0.118. The molecule has 0 fully saturated rings. The summed E-state index contributed by atoms with van der Waals surface area (Å²) in [7, 11) is 0. The summed E-state index contributed by atoms with van der Waals surface area (Å²) >= 11 is 3.42. The first-order valence-electron chi connectivity index (χ1n) is 6.55. The standard InChI is InChI=1S/C17H15BrFNO/c1-12(13-6-9-15(19)10-7-13)20-17(21)11-8-14-4-2-3-5-16(14)18/h2-12H,1H3,(H,20,21)/b11-8+/t12-/m1/s1. The Kier molecular flexibility index (Phi) is 5.28. The van der Waals surface area contributed by atoms with Crippen LogP contribution in [0.4, 0.5) is 4.39 Å². The van der Waals surface area contributed by atoms with Crippen molar-refractivity contribution in [1.29, 1.82) is 0 Å². The molecule has 1 N–H and O–H groups in total. The van der Waals surface area contributed by atoms with Gasteiger partial charge in [0.15, 0.2) is 0 Å². The second-order valence-corrected chi connectivity index (χ2v) is 5.49. The predicted molar refractivity (Wildman–Crippen MR) is 86.1 cm³/mol. The van der Waals surface area contributed by atoms with Gasteiger partial charge in [-0.15, -0.1) is 0 Å². The summed E-state index contributed by atoms with van der Waals surface area (Å²) in [5.74, 6) is -0.478. The van der Waals surface area contributed by atoms with E-state index in [0.29, 0.717) is 0 Å². The van der Waals surface area contributed by atoms with E-state index in [1.54, 1.807) is 18.2 Å². The van der Waals surface area contributed by atoms with Crippen LogP contribution in [0.3, 0.4) is 0 Å². The summed E-state index contributed by atoms with van der Waals surface area (Å²) in [4.78, 5) is 11.9. The number of hydrogen-bond acceptors (Lipinski definition) is 1. The summed E-state index contributed by atoms with van der Waals surface area (Å²) in [6.07, 6.45) is 3.23. The number of hydrogen-bond donors (Lipinski definition) is 1. The van der Waals surface area contributed by atoms with Gasteiger partial charge in [0.1, 0.15) is 5.82 Å². The number of nitrogens with one attached hydrogen (secondary N) is 1. The Balaban J connectivity index is 1.98. The van der Waals surface area contributed by atoms with Gasteiger partial charge >= 0.3 is 0 Å². The first-order chi connectivity index (χ1) is 10.1. The minimum Gasteiger partial charge on any atom is -0.346 e. The predicted octanol–water partition coefficient (Wildman–Crippen LogP) is 4.48. The fourth-order valence-electron chi connectivity index (χ4n) is 1.87. The molecule has 21 heavy (non-hydrogen) atoms. The van der Waals surface area contributed by atoms with E-state index in [1.807, 2.05) is 31.2 Å². The first-order valence-corrected chi connectivity index (χ1v) is 7.34. The molecule has 0 saturated heterocycles. The summed E-state index contributed by atoms with van der Waals surface area (Å²) in [6, 6.07) is 13.6. The molecule has 0 aliphatic carbocycles. The van der Waals surface area contributed by atoms with Gasteiger partial charge in [0.25, 0.3) is 0 Å². The average Bonchev–Trinajstić information content (AvgIpc) is 2.47. The monoisotopic (exact) mass is 347 g/mol. The van der Waals surface area contributed by atoms with Crippen LogP contribution in [-0.2, 0) is 4.79 Å². The van der Waals surface area contributed by atoms with E-state index in [9.17, 15) is 9.18 Å². The topological polar surface area (TPSA) is 29.1 Å². The molecule has 0 heterocycles. The molecule has 0 radical (unpaired) electrons. The number of rotatable bonds is 4. The molecular weight excluding hydrogens is 333 g/mol. The van der Waals surface area contributed by atoms with Gasteiger partial charge in [0.05, 0.1) is 6.04 Å². The second-order valence-electron chi connectivity index (χ2n) is 4.64. The summed E-state index contributed by atoms with van der Waals surface area (Å²) in [6.45, 7) is 1.86. The van der Waals surface area contributed by atoms with Crippen molar-refractivity contribution in [3.05, 3.63) is 76.0 Å². The van der Waals surface area contributed by atoms with Crippen LogP contribution in [0.1, 0.15) is 24.1 Å². The third-order valence-corrected chi connectivity index (χ3v) is 3.77. The van der Waals surface area contributed by atoms with Crippen LogP contribution in [-0.4, -0.2) is 5.91 Å². The molecule has 2 aromatic carbocycles. The molecule has 2 rings (SSSR count). The Hall–Kier alpha value is -1.94. The molecule has 108 valence electrons. The van der Waals surface area contributed by atoms with Crippen molar-refractivity contribution in [2.75, 3.05) is 0 Å². The fourth-order valence-corrected chi connectivity index (χ4v) is 2.29. The van der Waals surface area contributed by atoms with Crippen molar-refractivity contribution in [3.8, 4) is 0 Å². The van der Waals surface area contributed by atoms with E-state index in [1.165, 1.54) is 18.2 Å². The number of amides is 1. The smallest absolute Gasteiger partial charge is 0.244 e. The van der Waals surface area contributed by atoms with Crippen LogP contribution in [0, 0.1) is 5.82 Å². The number of carbonyl (C=O) groups excluding carboxylic acids is 1. The highest BCUT2D eigenvalue weighted by Gasteiger charge is 2.07. The van der Waals surface area contributed by atoms with Crippen LogP contribution >= 0.6 is 15.9 Å². The summed E-state index contributed by atoms with van der Waals surface area (Å²) in [5, 5.41) is 2.84. The lowest BCUT2D eigenvalue weighted by atomic mass is 10.1. The van der Waals surface area contributed by atoms with E-state index in [4.69, 9.17) is 0 Å². The highest BCUT2D eigenvalue weighted by Crippen LogP contribution is 2.17. The highest BCUT2D eigenvalue weighted by atomic mass is 79.9. The van der Waals surface area contributed by atoms with Gasteiger partial charge in [-0.1, -0.05) is 46.3 Å². The van der Waals surface area contributed by atoms with Crippen LogP contribution in [0.2, 0.25) is 0 Å². The lowest BCUT2D eigenvalue weighted by Gasteiger charge is -2.12. The third-order valence-electron chi connectivity index (χ3n) is 3.05. The quantitative estimate of drug-likeness (QED) is 0.811. The number of carbonyl (C=O) groups is 1. The Morgan fingerprint density at radius 3 is 2.52 bits per heavy atom. The van der Waals surface area contributed by atoms with Gasteiger partial charge in [-0.05, 0) is 42.3 Å². The molecule has 0 aliphatic heterocycles. The van der Waals surface area contributed by atoms with Gasteiger partial charge in [0, 0.05) is 10.5 Å². The molecule has 0 unspecified atom stereocenters. The lowest BCUT2D eigenvalue weighted by molar-refractivity contribution is -0.117. The zero-order chi connectivity index (χ0) is 15.2. The van der Waals surface area contributed by atoms with Gasteiger partial charge in [0.2, 0.25) is 5.91 Å². The zero-order valence-electron chi connectivity index (χ0n) is 11.5. The largest absolute Gasteiger partial charge is 0.346 e. The van der Waals surface area contributed by atoms with Crippen LogP contribution < -0.4 is 5.32 Å². The third kappa shape index (κ3) is 4.53. The molecule has 2 aromatic rings. The molecule has 2 nitrogen and oxygen atoms in total. The molecule has 0 saturated carbocycles. The number of benzene rings is 2. The molecule has 1 atom stereocenters. The van der Waals surface area contributed by atoms with Crippen molar-refractivity contribution < 1.29 is 9.18 Å². The maximum Gasteiger partial charge on any atom is 0.244 e. The Morgan fingerprint density at radius 1 is 1.19 bits per heavy atom. The Labute approximate surface area is 131 Å². The van der Waals surface area contributed by atoms with Crippen LogP contribution in [0.15, 0.2) is 59.1 Å². The maximum atomic E-state index is 12.9. The van der Waals surface area contributed by atoms with Gasteiger partial charge in [-0.2, -0.15) is 0 Å². The van der Waals surface area contributed by atoms with Crippen LogP contribution in [0.25, 0.3) is 6.08 Å². The minimum atomic E-state index is -0.286. The average molecular weight is 348 g/mol. The van der Waals surface area contributed by atoms with Crippen molar-refractivity contribution in [2.24, 2.45) is 0 Å². The first kappa shape index (κ1) is 15.4. The SMILES string of the molecule is C[C@@H](NC(=O)/C=C/c1ccccc1Br)c1ccc(F)cc1. The molecule has 1 amide bonds. The van der Waals surface area contributed by atoms with Gasteiger partial charge < -0.3 is 5.32 Å². The van der Waals surface area contributed by atoms with Crippen molar-refractivity contribution in [1.82, 2.24) is 5.32 Å². The highest BCUT2D eigenvalue weighted by molar-refractivity contribution is 9.10. The molecule has 0 bridgehead atoms. The Morgan fingerprint density at radius 2 is 1.86 bits per heavy atom. The second kappa shape index (κ2) is 7.18. The zero-order valence-corrected chi connectivity index (χ0v) is 13.1. The molecule has 4 heteroatoms. The maximum absolute atomic E-state index is 12.9. The molecule has 0 aromatic heterocycles. The molecular formula is C17H15BrFNO. The summed E-state index contributed by atoms with van der Waals surface area (Å²) in [5.41, 5.74) is 1.79. The van der Waals surface area contributed by atoms with Gasteiger partial charge in [-0.3, -0.25) is 4.79 Å². The van der Waals surface area contributed by atoms with Gasteiger partial charge in [-0.25, -0.2) is 4.39 Å². The minimum absolute atomic E-state index is 0.179. The normalized spacial score (nSPS) is 12.3.